The van der Waals surface area contributed by atoms with Crippen LogP contribution in [-0.4, -0.2) is 21.8 Å². The van der Waals surface area contributed by atoms with Crippen molar-refractivity contribution in [1.82, 2.24) is 10.2 Å². The quantitative estimate of drug-likeness (QED) is 0.803. The lowest BCUT2D eigenvalue weighted by molar-refractivity contribution is -0.115. The van der Waals surface area contributed by atoms with E-state index in [2.05, 4.69) is 52.4 Å². The lowest BCUT2D eigenvalue weighted by Crippen LogP contribution is -2.15. The number of halogens is 2. The van der Waals surface area contributed by atoms with Crippen LogP contribution in [0.5, 0.6) is 0 Å². The van der Waals surface area contributed by atoms with E-state index in [1.807, 2.05) is 12.1 Å². The molecule has 5 nitrogen and oxygen atoms in total. The minimum Gasteiger partial charge on any atom is -0.324 e. The first kappa shape index (κ1) is 13.4. The van der Waals surface area contributed by atoms with E-state index < -0.39 is 0 Å². The van der Waals surface area contributed by atoms with Crippen LogP contribution >= 0.6 is 31.9 Å². The SMILES string of the molecule is O=C1CC(c2ccnnc2)=Nc2cc(Br)c(Br)cc2N1. The fourth-order valence-corrected chi connectivity index (χ4v) is 2.56. The molecule has 7 heteroatoms. The molecule has 0 spiro atoms. The summed E-state index contributed by atoms with van der Waals surface area (Å²) in [5.41, 5.74) is 2.85. The molecule has 0 atom stereocenters. The second kappa shape index (κ2) is 5.41. The minimum atomic E-state index is -0.103. The number of hydrogen-bond donors (Lipinski definition) is 1. The fourth-order valence-electron chi connectivity index (χ4n) is 1.89. The van der Waals surface area contributed by atoms with Gasteiger partial charge in [0, 0.05) is 14.5 Å². The number of nitrogens with one attached hydrogen (secondary N) is 1. The Labute approximate surface area is 131 Å². The second-order valence-electron chi connectivity index (χ2n) is 4.20. The summed E-state index contributed by atoms with van der Waals surface area (Å²) in [5, 5.41) is 10.4. The molecule has 0 radical (unpaired) electrons. The summed E-state index contributed by atoms with van der Waals surface area (Å²) in [6.07, 6.45) is 3.39. The normalized spacial score (nSPS) is 14.1. The van der Waals surface area contributed by atoms with Crippen LogP contribution in [0, 0.1) is 0 Å². The molecule has 0 unspecified atom stereocenters. The van der Waals surface area contributed by atoms with E-state index in [0.717, 1.165) is 14.5 Å². The molecule has 0 saturated heterocycles. The molecule has 0 bridgehead atoms. The average Bonchev–Trinajstić information content (AvgIpc) is 2.59. The molecule has 1 aromatic heterocycles. The van der Waals surface area contributed by atoms with Crippen molar-refractivity contribution in [1.29, 1.82) is 0 Å². The number of nitrogens with zero attached hydrogens (tertiary/aromatic N) is 3. The third kappa shape index (κ3) is 2.64. The van der Waals surface area contributed by atoms with E-state index in [1.54, 1.807) is 18.5 Å². The molecule has 0 aliphatic carbocycles. The Hall–Kier alpha value is -1.60. The van der Waals surface area contributed by atoms with Gasteiger partial charge in [0.05, 0.1) is 35.9 Å². The van der Waals surface area contributed by atoms with Gasteiger partial charge < -0.3 is 5.32 Å². The third-order valence-electron chi connectivity index (χ3n) is 2.81. The molecule has 100 valence electrons. The van der Waals surface area contributed by atoms with Gasteiger partial charge in [-0.1, -0.05) is 0 Å². The van der Waals surface area contributed by atoms with Gasteiger partial charge in [-0.15, -0.1) is 0 Å². The van der Waals surface area contributed by atoms with E-state index in [9.17, 15) is 4.79 Å². The maximum absolute atomic E-state index is 12.0. The standard InChI is InChI=1S/C13H8Br2N4O/c14-8-3-11-12(4-9(8)15)19-13(20)5-10(18-11)7-1-2-16-17-6-7/h1-4,6H,5H2,(H,19,20). The van der Waals surface area contributed by atoms with Gasteiger partial charge in [0.1, 0.15) is 0 Å². The Morgan fingerprint density at radius 1 is 1.15 bits per heavy atom. The molecule has 2 aromatic rings. The predicted octanol–water partition coefficient (Wildman–Crippen LogP) is 3.46. The zero-order valence-corrected chi connectivity index (χ0v) is 13.3. The Bertz CT molecular complexity index is 716. The van der Waals surface area contributed by atoms with Crippen molar-refractivity contribution in [2.24, 2.45) is 4.99 Å². The number of hydrogen-bond acceptors (Lipinski definition) is 4. The van der Waals surface area contributed by atoms with Gasteiger partial charge in [0.25, 0.3) is 0 Å². The Balaban J connectivity index is 2.14. The third-order valence-corrected chi connectivity index (χ3v) is 4.66. The maximum atomic E-state index is 12.0. The smallest absolute Gasteiger partial charge is 0.230 e. The highest BCUT2D eigenvalue weighted by Crippen LogP contribution is 2.36. The Kier molecular flexibility index (Phi) is 3.62. The lowest BCUT2D eigenvalue weighted by Gasteiger charge is -2.06. The van der Waals surface area contributed by atoms with Gasteiger partial charge in [0.2, 0.25) is 5.91 Å². The van der Waals surface area contributed by atoms with E-state index in [-0.39, 0.29) is 12.3 Å². The molecule has 3 rings (SSSR count). The summed E-state index contributed by atoms with van der Waals surface area (Å²) in [7, 11) is 0. The van der Waals surface area contributed by atoms with Crippen LogP contribution in [-0.2, 0) is 4.79 Å². The van der Waals surface area contributed by atoms with Crippen molar-refractivity contribution < 1.29 is 4.79 Å². The number of amides is 1. The van der Waals surface area contributed by atoms with Crippen LogP contribution < -0.4 is 5.32 Å². The van der Waals surface area contributed by atoms with Crippen molar-refractivity contribution in [3.8, 4) is 0 Å². The minimum absolute atomic E-state index is 0.103. The van der Waals surface area contributed by atoms with E-state index in [4.69, 9.17) is 0 Å². The van der Waals surface area contributed by atoms with Gasteiger partial charge in [-0.2, -0.15) is 10.2 Å². The predicted molar refractivity (Wildman–Crippen MR) is 83.3 cm³/mol. The van der Waals surface area contributed by atoms with Gasteiger partial charge in [-0.05, 0) is 50.1 Å². The van der Waals surface area contributed by atoms with Gasteiger partial charge in [-0.25, -0.2) is 0 Å². The maximum Gasteiger partial charge on any atom is 0.230 e. The molecular weight excluding hydrogens is 388 g/mol. The molecule has 1 N–H and O–H groups in total. The summed E-state index contributed by atoms with van der Waals surface area (Å²) in [4.78, 5) is 16.5. The molecule has 0 saturated carbocycles. The summed E-state index contributed by atoms with van der Waals surface area (Å²) < 4.78 is 1.74. The molecule has 20 heavy (non-hydrogen) atoms. The number of benzene rings is 1. The highest BCUT2D eigenvalue weighted by molar-refractivity contribution is 9.13. The van der Waals surface area contributed by atoms with Crippen molar-refractivity contribution in [2.45, 2.75) is 6.42 Å². The molecular formula is C13H8Br2N4O. The summed E-state index contributed by atoms with van der Waals surface area (Å²) in [6.45, 7) is 0. The average molecular weight is 396 g/mol. The zero-order chi connectivity index (χ0) is 14.1. The largest absolute Gasteiger partial charge is 0.324 e. The Morgan fingerprint density at radius 3 is 2.70 bits per heavy atom. The summed E-state index contributed by atoms with van der Waals surface area (Å²) in [5.74, 6) is -0.103. The summed E-state index contributed by atoms with van der Waals surface area (Å²) >= 11 is 6.85. The number of carbonyl (C=O) groups is 1. The van der Waals surface area contributed by atoms with Crippen molar-refractivity contribution in [3.05, 3.63) is 45.1 Å². The number of fused-ring (bicyclic) bond motifs is 1. The molecule has 2 heterocycles. The van der Waals surface area contributed by atoms with E-state index in [1.165, 1.54) is 0 Å². The molecule has 0 fully saturated rings. The van der Waals surface area contributed by atoms with Crippen molar-refractivity contribution >= 4 is 54.9 Å². The first-order valence-electron chi connectivity index (χ1n) is 5.77. The van der Waals surface area contributed by atoms with E-state index in [0.29, 0.717) is 17.1 Å². The highest BCUT2D eigenvalue weighted by Gasteiger charge is 2.18. The fraction of sp³-hybridized carbons (Fsp3) is 0.0769. The number of rotatable bonds is 1. The van der Waals surface area contributed by atoms with E-state index >= 15 is 0 Å². The monoisotopic (exact) mass is 394 g/mol. The topological polar surface area (TPSA) is 67.2 Å². The Morgan fingerprint density at radius 2 is 1.95 bits per heavy atom. The van der Waals surface area contributed by atoms with Crippen molar-refractivity contribution in [3.63, 3.8) is 0 Å². The zero-order valence-electron chi connectivity index (χ0n) is 10.1. The first-order chi connectivity index (χ1) is 9.63. The van der Waals surface area contributed by atoms with Crippen LogP contribution in [0.1, 0.15) is 12.0 Å². The van der Waals surface area contributed by atoms with Crippen LogP contribution in [0.4, 0.5) is 11.4 Å². The first-order valence-corrected chi connectivity index (χ1v) is 7.35. The van der Waals surface area contributed by atoms with Crippen molar-refractivity contribution in [2.75, 3.05) is 5.32 Å². The molecule has 1 aromatic carbocycles. The van der Waals surface area contributed by atoms with Crippen LogP contribution in [0.3, 0.4) is 0 Å². The van der Waals surface area contributed by atoms with Crippen LogP contribution in [0.15, 0.2) is 44.5 Å². The summed E-state index contributed by atoms with van der Waals surface area (Å²) in [6, 6.07) is 5.48. The number of aliphatic imine (C=N–C) groups is 1. The number of anilines is 1. The van der Waals surface area contributed by atoms with Crippen LogP contribution in [0.2, 0.25) is 0 Å². The van der Waals surface area contributed by atoms with Gasteiger partial charge >= 0.3 is 0 Å². The van der Waals surface area contributed by atoms with Crippen LogP contribution in [0.25, 0.3) is 0 Å². The molecule has 1 aliphatic rings. The molecule has 1 aliphatic heterocycles. The number of carbonyl (C=O) groups excluding carboxylic acids is 1. The molecule has 1 amide bonds. The number of aromatic nitrogens is 2. The highest BCUT2D eigenvalue weighted by atomic mass is 79.9. The van der Waals surface area contributed by atoms with Gasteiger partial charge in [0.15, 0.2) is 0 Å². The lowest BCUT2D eigenvalue weighted by atomic mass is 10.1. The van der Waals surface area contributed by atoms with Gasteiger partial charge in [-0.3, -0.25) is 9.79 Å². The second-order valence-corrected chi connectivity index (χ2v) is 5.91.